The van der Waals surface area contributed by atoms with Gasteiger partial charge in [-0.2, -0.15) is 0 Å². The Morgan fingerprint density at radius 3 is 1.29 bits per heavy atom. The summed E-state index contributed by atoms with van der Waals surface area (Å²) in [6.07, 6.45) is 7.96. The maximum atomic E-state index is 2.37. The summed E-state index contributed by atoms with van der Waals surface area (Å²) >= 11 is -2.87. The van der Waals surface area contributed by atoms with Crippen molar-refractivity contribution in [2.24, 2.45) is 0 Å². The van der Waals surface area contributed by atoms with Gasteiger partial charge in [0.25, 0.3) is 0 Å². The van der Waals surface area contributed by atoms with Gasteiger partial charge in [0.1, 0.15) is 0 Å². The third-order valence-corrected chi connectivity index (χ3v) is 12.6. The van der Waals surface area contributed by atoms with E-state index in [0.29, 0.717) is 0 Å². The molecule has 0 fully saturated rings. The fourth-order valence-electron chi connectivity index (χ4n) is 3.85. The molecule has 0 saturated carbocycles. The van der Waals surface area contributed by atoms with Crippen LogP contribution in [0.2, 0.25) is 0 Å². The molecule has 3 aromatic carbocycles. The van der Waals surface area contributed by atoms with E-state index in [0.717, 1.165) is 6.42 Å². The van der Waals surface area contributed by atoms with Crippen molar-refractivity contribution < 1.29 is 16.6 Å². The molecule has 3 aromatic rings. The molecule has 0 atom stereocenters. The second kappa shape index (κ2) is 6.77. The zero-order valence-corrected chi connectivity index (χ0v) is 15.2. The Morgan fingerprint density at radius 1 is 0.542 bits per heavy atom. The number of rotatable bonds is 4. The van der Waals surface area contributed by atoms with Crippen LogP contribution >= 0.6 is 0 Å². The topological polar surface area (TPSA) is 0 Å². The average molecular weight is 344 g/mol. The van der Waals surface area contributed by atoms with Crippen LogP contribution in [-0.2, 0) is 16.6 Å². The van der Waals surface area contributed by atoms with Crippen LogP contribution in [0.1, 0.15) is 6.42 Å². The van der Waals surface area contributed by atoms with Crippen molar-refractivity contribution in [1.82, 2.24) is 0 Å². The molecule has 0 amide bonds. The Bertz CT molecular complexity index is 765. The Kier molecular flexibility index (Phi) is 4.34. The van der Waals surface area contributed by atoms with Crippen molar-refractivity contribution >= 4 is 11.6 Å². The third kappa shape index (κ3) is 2.53. The number of benzene rings is 3. The van der Waals surface area contributed by atoms with E-state index < -0.39 is 16.6 Å². The summed E-state index contributed by atoms with van der Waals surface area (Å²) in [5.41, 5.74) is 0. The van der Waals surface area contributed by atoms with Crippen LogP contribution in [0.25, 0.3) is 0 Å². The number of allylic oxidation sites excluding steroid dienone is 4. The molecule has 0 nitrogen and oxygen atoms in total. The summed E-state index contributed by atoms with van der Waals surface area (Å²) in [4.78, 5) is 0. The van der Waals surface area contributed by atoms with E-state index in [9.17, 15) is 0 Å². The Balaban J connectivity index is 2.07. The predicted molar refractivity (Wildman–Crippen MR) is 100 cm³/mol. The molecule has 0 aliphatic heterocycles. The molecule has 4 rings (SSSR count). The van der Waals surface area contributed by atoms with Crippen molar-refractivity contribution in [2.45, 2.75) is 6.42 Å². The first-order valence-corrected chi connectivity index (χ1v) is 11.6. The SMILES string of the molecule is C1=CC[C]([Ti]([c]2ccccc2)([c]2ccccc2)[c]2ccccc2)=C1. The zero-order chi connectivity index (χ0) is 16.2. The summed E-state index contributed by atoms with van der Waals surface area (Å²) in [6.45, 7) is 0. The molecule has 0 aromatic heterocycles. The second-order valence-electron chi connectivity index (χ2n) is 6.17. The molecule has 1 heteroatoms. The van der Waals surface area contributed by atoms with Gasteiger partial charge in [-0.3, -0.25) is 0 Å². The van der Waals surface area contributed by atoms with E-state index in [-0.39, 0.29) is 0 Å². The van der Waals surface area contributed by atoms with Gasteiger partial charge in [0.2, 0.25) is 0 Å². The normalized spacial score (nSPS) is 13.8. The average Bonchev–Trinajstić information content (AvgIpc) is 3.20. The molecule has 1 aliphatic carbocycles. The molecule has 0 heterocycles. The summed E-state index contributed by atoms with van der Waals surface area (Å²) in [5.74, 6) is 0. The van der Waals surface area contributed by atoms with Crippen molar-refractivity contribution in [3.8, 4) is 0 Å². The molecule has 116 valence electrons. The standard InChI is InChI=1S/3C6H5.C5H5.Ti/c3*1-2-4-6-5-3-1;1-2-4-5-3-1;/h3*1-5H;1-3H,4H2;. The van der Waals surface area contributed by atoms with E-state index in [1.807, 2.05) is 0 Å². The molecular formula is C23H20Ti. The number of hydrogen-bond acceptors (Lipinski definition) is 0. The van der Waals surface area contributed by atoms with Gasteiger partial charge in [0, 0.05) is 0 Å². The van der Waals surface area contributed by atoms with Crippen molar-refractivity contribution in [1.29, 1.82) is 0 Å². The van der Waals surface area contributed by atoms with Crippen molar-refractivity contribution in [3.05, 3.63) is 113 Å². The first kappa shape index (κ1) is 15.4. The fourth-order valence-corrected chi connectivity index (χ4v) is 11.6. The fraction of sp³-hybridized carbons (Fsp3) is 0.0435. The van der Waals surface area contributed by atoms with Gasteiger partial charge in [-0.25, -0.2) is 0 Å². The molecule has 0 bridgehead atoms. The minimum absolute atomic E-state index is 1.07. The van der Waals surface area contributed by atoms with E-state index in [1.54, 1.807) is 3.88 Å². The van der Waals surface area contributed by atoms with Gasteiger partial charge in [0.05, 0.1) is 0 Å². The molecular weight excluding hydrogens is 324 g/mol. The van der Waals surface area contributed by atoms with Gasteiger partial charge in [-0.1, -0.05) is 0 Å². The second-order valence-corrected chi connectivity index (χ2v) is 12.2. The van der Waals surface area contributed by atoms with Gasteiger partial charge < -0.3 is 0 Å². The van der Waals surface area contributed by atoms with Gasteiger partial charge >= 0.3 is 148 Å². The van der Waals surface area contributed by atoms with Crippen molar-refractivity contribution in [2.75, 3.05) is 0 Å². The molecule has 0 radical (unpaired) electrons. The molecule has 0 unspecified atom stereocenters. The summed E-state index contributed by atoms with van der Waals surface area (Å²) in [6, 6.07) is 33.5. The van der Waals surface area contributed by atoms with Crippen molar-refractivity contribution in [3.63, 3.8) is 0 Å². The van der Waals surface area contributed by atoms with Gasteiger partial charge in [-0.15, -0.1) is 0 Å². The Labute approximate surface area is 147 Å². The van der Waals surface area contributed by atoms with E-state index >= 15 is 0 Å². The third-order valence-electron chi connectivity index (χ3n) is 4.87. The van der Waals surface area contributed by atoms with Crippen LogP contribution in [0, 0.1) is 0 Å². The molecule has 0 N–H and O–H groups in total. The zero-order valence-electron chi connectivity index (χ0n) is 13.6. The van der Waals surface area contributed by atoms with E-state index in [1.165, 1.54) is 11.6 Å². The molecule has 24 heavy (non-hydrogen) atoms. The monoisotopic (exact) mass is 344 g/mol. The van der Waals surface area contributed by atoms with Gasteiger partial charge in [0.15, 0.2) is 0 Å². The molecule has 0 saturated heterocycles. The van der Waals surface area contributed by atoms with Crippen LogP contribution in [0.4, 0.5) is 0 Å². The first-order chi connectivity index (χ1) is 11.9. The summed E-state index contributed by atoms with van der Waals surface area (Å²) in [5, 5.41) is 0. The first-order valence-electron chi connectivity index (χ1n) is 8.45. The maximum absolute atomic E-state index is 2.87. The van der Waals surface area contributed by atoms with Crippen LogP contribution in [0.15, 0.2) is 113 Å². The molecule has 1 aliphatic rings. The van der Waals surface area contributed by atoms with Crippen LogP contribution < -0.4 is 11.6 Å². The summed E-state index contributed by atoms with van der Waals surface area (Å²) < 4.78 is 6.12. The van der Waals surface area contributed by atoms with Crippen LogP contribution in [0.3, 0.4) is 0 Å². The van der Waals surface area contributed by atoms with Gasteiger partial charge in [-0.05, 0) is 0 Å². The van der Waals surface area contributed by atoms with Crippen LogP contribution in [-0.4, -0.2) is 0 Å². The quantitative estimate of drug-likeness (QED) is 0.629. The van der Waals surface area contributed by atoms with E-state index in [2.05, 4.69) is 109 Å². The minimum atomic E-state index is -2.87. The predicted octanol–water partition coefficient (Wildman–Crippen LogP) is 3.96. The molecule has 0 spiro atoms. The van der Waals surface area contributed by atoms with E-state index in [4.69, 9.17) is 0 Å². The number of hydrogen-bond donors (Lipinski definition) is 0. The Hall–Kier alpha value is -2.15. The summed E-state index contributed by atoms with van der Waals surface area (Å²) in [7, 11) is 0. The van der Waals surface area contributed by atoms with Crippen LogP contribution in [0.5, 0.6) is 0 Å². The Morgan fingerprint density at radius 2 is 0.958 bits per heavy atom.